The van der Waals surface area contributed by atoms with Crippen molar-refractivity contribution in [1.82, 2.24) is 0 Å². The molecule has 34 valence electrons. The SMILES string of the molecule is ClC1=CCCS1. The fourth-order valence-corrected chi connectivity index (χ4v) is 1.39. The lowest BCUT2D eigenvalue weighted by atomic mass is 10.5. The van der Waals surface area contributed by atoms with Crippen LogP contribution in [0.4, 0.5) is 0 Å². The first-order valence-corrected chi connectivity index (χ1v) is 3.24. The minimum atomic E-state index is 0.968. The molecule has 0 fully saturated rings. The van der Waals surface area contributed by atoms with Crippen molar-refractivity contribution < 1.29 is 0 Å². The quantitative estimate of drug-likeness (QED) is 0.472. The van der Waals surface area contributed by atoms with Crippen LogP contribution >= 0.6 is 23.4 Å². The van der Waals surface area contributed by atoms with Gasteiger partial charge in [0.25, 0.3) is 0 Å². The molecule has 1 rings (SSSR count). The van der Waals surface area contributed by atoms with Gasteiger partial charge in [-0.2, -0.15) is 0 Å². The highest BCUT2D eigenvalue weighted by atomic mass is 35.5. The molecule has 2 heteroatoms. The minimum Gasteiger partial charge on any atom is -0.114 e. The van der Waals surface area contributed by atoms with Crippen LogP contribution in [0.15, 0.2) is 10.4 Å². The van der Waals surface area contributed by atoms with Crippen LogP contribution in [0.1, 0.15) is 6.42 Å². The van der Waals surface area contributed by atoms with Crippen molar-refractivity contribution in [3.8, 4) is 0 Å². The highest BCUT2D eigenvalue weighted by Crippen LogP contribution is 2.27. The summed E-state index contributed by atoms with van der Waals surface area (Å²) < 4.78 is 0.968. The standard InChI is InChI=1S/C4H5ClS/c5-4-2-1-3-6-4/h2H,1,3H2. The second-order valence-electron chi connectivity index (χ2n) is 1.15. The van der Waals surface area contributed by atoms with Crippen LogP contribution < -0.4 is 0 Å². The Labute approximate surface area is 46.6 Å². The van der Waals surface area contributed by atoms with Crippen molar-refractivity contribution in [2.24, 2.45) is 0 Å². The molecule has 0 saturated carbocycles. The van der Waals surface area contributed by atoms with E-state index in [9.17, 15) is 0 Å². The van der Waals surface area contributed by atoms with Crippen LogP contribution in [0, 0.1) is 0 Å². The first kappa shape index (κ1) is 4.54. The number of rotatable bonds is 0. The lowest BCUT2D eigenvalue weighted by Crippen LogP contribution is -1.56. The van der Waals surface area contributed by atoms with E-state index in [4.69, 9.17) is 11.6 Å². The predicted molar refractivity (Wildman–Crippen MR) is 31.0 cm³/mol. The number of halogens is 1. The summed E-state index contributed by atoms with van der Waals surface area (Å²) in [5.41, 5.74) is 0. The van der Waals surface area contributed by atoms with E-state index in [1.54, 1.807) is 11.8 Å². The third kappa shape index (κ3) is 0.919. The van der Waals surface area contributed by atoms with E-state index >= 15 is 0 Å². The molecule has 0 aromatic rings. The molecule has 0 nitrogen and oxygen atoms in total. The molecule has 6 heavy (non-hydrogen) atoms. The molecule has 0 radical (unpaired) electrons. The van der Waals surface area contributed by atoms with E-state index < -0.39 is 0 Å². The Hall–Kier alpha value is 0.380. The zero-order valence-electron chi connectivity index (χ0n) is 3.28. The van der Waals surface area contributed by atoms with Crippen molar-refractivity contribution in [2.75, 3.05) is 5.75 Å². The summed E-state index contributed by atoms with van der Waals surface area (Å²) in [5.74, 6) is 1.18. The Balaban J connectivity index is 2.45. The number of hydrogen-bond acceptors (Lipinski definition) is 1. The molecule has 0 spiro atoms. The molecule has 1 aliphatic heterocycles. The molecule has 0 N–H and O–H groups in total. The first-order valence-electron chi connectivity index (χ1n) is 1.88. The molecular weight excluding hydrogens is 116 g/mol. The fraction of sp³-hybridized carbons (Fsp3) is 0.500. The molecule has 0 aromatic carbocycles. The fourth-order valence-electron chi connectivity index (χ4n) is 0.388. The smallest absolute Gasteiger partial charge is 0.0695 e. The monoisotopic (exact) mass is 120 g/mol. The van der Waals surface area contributed by atoms with Crippen molar-refractivity contribution in [2.45, 2.75) is 6.42 Å². The van der Waals surface area contributed by atoms with Gasteiger partial charge in [-0.1, -0.05) is 17.7 Å². The summed E-state index contributed by atoms with van der Waals surface area (Å²) in [4.78, 5) is 0. The summed E-state index contributed by atoms with van der Waals surface area (Å²) in [5, 5.41) is 0. The summed E-state index contributed by atoms with van der Waals surface area (Å²) in [6.45, 7) is 0. The predicted octanol–water partition coefficient (Wildman–Crippen LogP) is 2.20. The maximum atomic E-state index is 5.54. The normalized spacial score (nSPS) is 21.2. The minimum absolute atomic E-state index is 0.968. The molecule has 0 aliphatic carbocycles. The van der Waals surface area contributed by atoms with E-state index in [0.717, 1.165) is 10.8 Å². The first-order chi connectivity index (χ1) is 2.89. The number of thioether (sulfide) groups is 1. The van der Waals surface area contributed by atoms with E-state index in [1.807, 2.05) is 6.08 Å². The van der Waals surface area contributed by atoms with E-state index in [-0.39, 0.29) is 0 Å². The largest absolute Gasteiger partial charge is 0.114 e. The molecule has 0 atom stereocenters. The van der Waals surface area contributed by atoms with Gasteiger partial charge in [-0.3, -0.25) is 0 Å². The van der Waals surface area contributed by atoms with E-state index in [2.05, 4.69) is 0 Å². The molecule has 1 aliphatic rings. The third-order valence-electron chi connectivity index (χ3n) is 0.663. The number of hydrogen-bond donors (Lipinski definition) is 0. The molecular formula is C4H5ClS. The average Bonchev–Trinajstić information content (AvgIpc) is 1.86. The molecule has 0 amide bonds. The lowest BCUT2D eigenvalue weighted by Gasteiger charge is -1.77. The molecule has 0 saturated heterocycles. The molecule has 0 bridgehead atoms. The molecule has 0 aromatic heterocycles. The summed E-state index contributed by atoms with van der Waals surface area (Å²) in [6, 6.07) is 0. The average molecular weight is 121 g/mol. The van der Waals surface area contributed by atoms with Gasteiger partial charge < -0.3 is 0 Å². The van der Waals surface area contributed by atoms with Gasteiger partial charge in [0.1, 0.15) is 0 Å². The summed E-state index contributed by atoms with van der Waals surface area (Å²) in [7, 11) is 0. The Bertz CT molecular complexity index is 77.6. The van der Waals surface area contributed by atoms with Gasteiger partial charge in [-0.15, -0.1) is 11.8 Å². The second kappa shape index (κ2) is 1.90. The Morgan fingerprint density at radius 3 is 2.83 bits per heavy atom. The molecule has 1 heterocycles. The van der Waals surface area contributed by atoms with Gasteiger partial charge in [-0.25, -0.2) is 0 Å². The van der Waals surface area contributed by atoms with Gasteiger partial charge in [0.15, 0.2) is 0 Å². The van der Waals surface area contributed by atoms with Gasteiger partial charge >= 0.3 is 0 Å². The van der Waals surface area contributed by atoms with Crippen LogP contribution in [0.25, 0.3) is 0 Å². The van der Waals surface area contributed by atoms with Crippen molar-refractivity contribution in [3.05, 3.63) is 10.4 Å². The summed E-state index contributed by atoms with van der Waals surface area (Å²) in [6.07, 6.45) is 3.20. The maximum Gasteiger partial charge on any atom is 0.0695 e. The van der Waals surface area contributed by atoms with Gasteiger partial charge in [0, 0.05) is 5.75 Å². The van der Waals surface area contributed by atoms with Gasteiger partial charge in [-0.05, 0) is 6.42 Å². The Morgan fingerprint density at radius 1 is 1.83 bits per heavy atom. The van der Waals surface area contributed by atoms with Crippen LogP contribution in [0.3, 0.4) is 0 Å². The van der Waals surface area contributed by atoms with Crippen LogP contribution in [0.5, 0.6) is 0 Å². The maximum absolute atomic E-state index is 5.54. The second-order valence-corrected chi connectivity index (χ2v) is 2.91. The van der Waals surface area contributed by atoms with Crippen LogP contribution in [-0.4, -0.2) is 5.75 Å². The van der Waals surface area contributed by atoms with E-state index in [0.29, 0.717) is 0 Å². The van der Waals surface area contributed by atoms with Gasteiger partial charge in [0.05, 0.1) is 4.36 Å². The Morgan fingerprint density at radius 2 is 2.67 bits per heavy atom. The Kier molecular flexibility index (Phi) is 1.43. The summed E-state index contributed by atoms with van der Waals surface area (Å²) >= 11 is 7.26. The van der Waals surface area contributed by atoms with E-state index in [1.165, 1.54) is 5.75 Å². The van der Waals surface area contributed by atoms with Crippen LogP contribution in [0.2, 0.25) is 0 Å². The van der Waals surface area contributed by atoms with Crippen molar-refractivity contribution in [3.63, 3.8) is 0 Å². The van der Waals surface area contributed by atoms with Crippen molar-refractivity contribution in [1.29, 1.82) is 0 Å². The van der Waals surface area contributed by atoms with Crippen molar-refractivity contribution >= 4 is 23.4 Å². The topological polar surface area (TPSA) is 0 Å². The van der Waals surface area contributed by atoms with Crippen LogP contribution in [-0.2, 0) is 0 Å². The molecule has 0 unspecified atom stereocenters. The highest BCUT2D eigenvalue weighted by Gasteiger charge is 1.98. The zero-order chi connectivity index (χ0) is 4.41. The third-order valence-corrected chi connectivity index (χ3v) is 2.03. The zero-order valence-corrected chi connectivity index (χ0v) is 4.85. The van der Waals surface area contributed by atoms with Gasteiger partial charge in [0.2, 0.25) is 0 Å². The highest BCUT2D eigenvalue weighted by molar-refractivity contribution is 8.04. The number of allylic oxidation sites excluding steroid dienone is 1. The lowest BCUT2D eigenvalue weighted by molar-refractivity contribution is 1.28.